The standard InChI is InChI=1S/C24H20F2N6O4.C4H8/c1-24(2,22(34)28-15-5-3-14(25)4-6-15)23(35)29-16-7-8-18(17(26)11-16)36-21-10-9-20-30-19(27-13-33)12-32(20)31-21;1-4-2-3-4/h3-13H,1-2H3,(H,27,33)(H,28,34)(H,29,35);4H,2-3H2,1H3. The van der Waals surface area contributed by atoms with E-state index in [2.05, 4.69) is 33.0 Å². The van der Waals surface area contributed by atoms with Crippen LogP contribution in [0, 0.1) is 23.0 Å². The van der Waals surface area contributed by atoms with Gasteiger partial charge in [-0.05, 0) is 62.2 Å². The van der Waals surface area contributed by atoms with E-state index in [4.69, 9.17) is 4.74 Å². The number of ether oxygens (including phenoxy) is 1. The maximum Gasteiger partial charge on any atom is 0.239 e. The van der Waals surface area contributed by atoms with Gasteiger partial charge in [-0.1, -0.05) is 19.8 Å². The number of imidazole rings is 1. The molecule has 0 bridgehead atoms. The van der Waals surface area contributed by atoms with Gasteiger partial charge in [0.1, 0.15) is 11.2 Å². The van der Waals surface area contributed by atoms with Gasteiger partial charge in [0.2, 0.25) is 24.1 Å². The molecule has 3 N–H and O–H groups in total. The van der Waals surface area contributed by atoms with E-state index in [0.717, 1.165) is 12.0 Å². The van der Waals surface area contributed by atoms with E-state index in [9.17, 15) is 23.2 Å². The number of amides is 3. The molecule has 1 aliphatic rings. The molecular weight excluding hydrogens is 522 g/mol. The van der Waals surface area contributed by atoms with Crippen molar-refractivity contribution in [2.45, 2.75) is 33.6 Å². The molecule has 208 valence electrons. The smallest absolute Gasteiger partial charge is 0.239 e. The second-order valence-electron chi connectivity index (χ2n) is 9.83. The molecule has 4 aromatic rings. The number of nitrogens with zero attached hydrogens (tertiary/aromatic N) is 3. The number of nitrogens with one attached hydrogen (secondary N) is 3. The molecule has 2 aromatic carbocycles. The number of hydrogen-bond acceptors (Lipinski definition) is 6. The summed E-state index contributed by atoms with van der Waals surface area (Å²) in [6.07, 6.45) is 4.91. The first-order chi connectivity index (χ1) is 19.0. The Bertz CT molecular complexity index is 1530. The van der Waals surface area contributed by atoms with Crippen molar-refractivity contribution in [1.29, 1.82) is 0 Å². The molecule has 1 aliphatic carbocycles. The molecule has 1 saturated carbocycles. The molecule has 0 spiro atoms. The van der Waals surface area contributed by atoms with E-state index in [1.54, 1.807) is 6.07 Å². The van der Waals surface area contributed by atoms with Gasteiger partial charge in [-0.25, -0.2) is 18.3 Å². The number of fused-ring (bicyclic) bond motifs is 1. The summed E-state index contributed by atoms with van der Waals surface area (Å²) >= 11 is 0. The molecule has 0 atom stereocenters. The minimum atomic E-state index is -1.53. The van der Waals surface area contributed by atoms with Gasteiger partial charge < -0.3 is 20.7 Å². The monoisotopic (exact) mass is 550 g/mol. The summed E-state index contributed by atoms with van der Waals surface area (Å²) in [6, 6.07) is 11.9. The Morgan fingerprint density at radius 2 is 1.62 bits per heavy atom. The summed E-state index contributed by atoms with van der Waals surface area (Å²) in [5.41, 5.74) is -0.651. The van der Waals surface area contributed by atoms with Crippen molar-refractivity contribution in [3.63, 3.8) is 0 Å². The molecule has 12 heteroatoms. The average Bonchev–Trinajstić information content (AvgIpc) is 3.59. The fourth-order valence-corrected chi connectivity index (χ4v) is 3.20. The summed E-state index contributed by atoms with van der Waals surface area (Å²) < 4.78 is 34.6. The molecule has 0 aliphatic heterocycles. The normalized spacial score (nSPS) is 12.6. The molecule has 10 nitrogen and oxygen atoms in total. The predicted octanol–water partition coefficient (Wildman–Crippen LogP) is 5.39. The summed E-state index contributed by atoms with van der Waals surface area (Å²) in [5.74, 6) is -1.26. The van der Waals surface area contributed by atoms with Crippen LogP contribution in [-0.2, 0) is 14.4 Å². The van der Waals surface area contributed by atoms with Crippen LogP contribution in [0.3, 0.4) is 0 Å². The molecule has 0 saturated heterocycles. The first-order valence-electron chi connectivity index (χ1n) is 12.5. The maximum atomic E-state index is 14.7. The first-order valence-corrected chi connectivity index (χ1v) is 12.5. The molecule has 1 fully saturated rings. The molecule has 40 heavy (non-hydrogen) atoms. The number of halogens is 2. The van der Waals surface area contributed by atoms with Gasteiger partial charge in [-0.3, -0.25) is 14.4 Å². The highest BCUT2D eigenvalue weighted by molar-refractivity contribution is 6.14. The van der Waals surface area contributed by atoms with Crippen molar-refractivity contribution in [3.05, 3.63) is 72.4 Å². The fraction of sp³-hybridized carbons (Fsp3) is 0.250. The van der Waals surface area contributed by atoms with E-state index in [0.29, 0.717) is 17.7 Å². The van der Waals surface area contributed by atoms with Crippen LogP contribution in [-0.4, -0.2) is 32.8 Å². The summed E-state index contributed by atoms with van der Waals surface area (Å²) in [7, 11) is 0. The average molecular weight is 551 g/mol. The SMILES string of the molecule is CC(C)(C(=O)Nc1ccc(F)cc1)C(=O)Nc1ccc(Oc2ccc3nc(NC=O)cn3n2)c(F)c1.CC1CC1. The fourth-order valence-electron chi connectivity index (χ4n) is 3.20. The topological polar surface area (TPSA) is 127 Å². The van der Waals surface area contributed by atoms with Crippen LogP contribution in [0.2, 0.25) is 0 Å². The number of hydrogen-bond donors (Lipinski definition) is 3. The van der Waals surface area contributed by atoms with Crippen LogP contribution in [0.5, 0.6) is 11.6 Å². The van der Waals surface area contributed by atoms with Crippen molar-refractivity contribution in [2.24, 2.45) is 11.3 Å². The molecule has 5 rings (SSSR count). The Hall–Kier alpha value is -4.87. The number of carbonyl (C=O) groups is 3. The molecule has 0 radical (unpaired) electrons. The minimum Gasteiger partial charge on any atom is -0.434 e. The maximum absolute atomic E-state index is 14.7. The van der Waals surface area contributed by atoms with E-state index in [1.807, 2.05) is 0 Å². The van der Waals surface area contributed by atoms with Gasteiger partial charge in [-0.15, -0.1) is 5.10 Å². The van der Waals surface area contributed by atoms with Crippen LogP contribution in [0.1, 0.15) is 33.6 Å². The van der Waals surface area contributed by atoms with E-state index < -0.39 is 28.9 Å². The Balaban J connectivity index is 0.000000848. The number of carbonyl (C=O) groups excluding carboxylic acids is 3. The van der Waals surface area contributed by atoms with Gasteiger partial charge in [0, 0.05) is 23.5 Å². The Morgan fingerprint density at radius 3 is 2.23 bits per heavy atom. The van der Waals surface area contributed by atoms with Crippen LogP contribution >= 0.6 is 0 Å². The molecular formula is C28H28F2N6O4. The van der Waals surface area contributed by atoms with Gasteiger partial charge in [-0.2, -0.15) is 0 Å². The van der Waals surface area contributed by atoms with E-state index in [-0.39, 0.29) is 23.1 Å². The van der Waals surface area contributed by atoms with Crippen LogP contribution in [0.25, 0.3) is 5.65 Å². The van der Waals surface area contributed by atoms with Crippen molar-refractivity contribution in [3.8, 4) is 11.6 Å². The second-order valence-corrected chi connectivity index (χ2v) is 9.83. The van der Waals surface area contributed by atoms with E-state index in [1.165, 1.54) is 79.9 Å². The lowest BCUT2D eigenvalue weighted by atomic mass is 9.90. The number of anilines is 3. The lowest BCUT2D eigenvalue weighted by Crippen LogP contribution is -2.41. The van der Waals surface area contributed by atoms with Crippen LogP contribution in [0.4, 0.5) is 26.0 Å². The van der Waals surface area contributed by atoms with Gasteiger partial charge in [0.15, 0.2) is 23.0 Å². The van der Waals surface area contributed by atoms with Crippen molar-refractivity contribution >= 4 is 41.1 Å². The highest BCUT2D eigenvalue weighted by Gasteiger charge is 2.36. The van der Waals surface area contributed by atoms with Gasteiger partial charge >= 0.3 is 0 Å². The lowest BCUT2D eigenvalue weighted by Gasteiger charge is -2.23. The first kappa shape index (κ1) is 28.1. The third-order valence-corrected chi connectivity index (χ3v) is 6.01. The molecule has 2 aromatic heterocycles. The summed E-state index contributed by atoms with van der Waals surface area (Å²) in [6.45, 7) is 5.09. The summed E-state index contributed by atoms with van der Waals surface area (Å²) in [5, 5.41) is 11.6. The number of rotatable bonds is 8. The zero-order valence-corrected chi connectivity index (χ0v) is 22.1. The lowest BCUT2D eigenvalue weighted by molar-refractivity contribution is -0.135. The third kappa shape index (κ3) is 7.16. The van der Waals surface area contributed by atoms with Crippen LogP contribution < -0.4 is 20.7 Å². The molecule has 0 unspecified atom stereocenters. The zero-order chi connectivity index (χ0) is 28.9. The van der Waals surface area contributed by atoms with Crippen molar-refractivity contribution in [1.82, 2.24) is 14.6 Å². The van der Waals surface area contributed by atoms with Crippen molar-refractivity contribution in [2.75, 3.05) is 16.0 Å². The Kier molecular flexibility index (Phi) is 8.37. The molecule has 3 amide bonds. The highest BCUT2D eigenvalue weighted by atomic mass is 19.1. The molecule has 2 heterocycles. The largest absolute Gasteiger partial charge is 0.434 e. The highest BCUT2D eigenvalue weighted by Crippen LogP contribution is 2.28. The quantitative estimate of drug-likeness (QED) is 0.200. The number of aromatic nitrogens is 3. The second kappa shape index (κ2) is 11.9. The Labute approximate surface area is 228 Å². The summed E-state index contributed by atoms with van der Waals surface area (Å²) in [4.78, 5) is 40.0. The van der Waals surface area contributed by atoms with Crippen LogP contribution in [0.15, 0.2) is 60.8 Å². The van der Waals surface area contributed by atoms with E-state index >= 15 is 0 Å². The minimum absolute atomic E-state index is 0.0619. The third-order valence-electron chi connectivity index (χ3n) is 6.01. The number of benzene rings is 2. The van der Waals surface area contributed by atoms with Gasteiger partial charge in [0.05, 0.1) is 6.20 Å². The van der Waals surface area contributed by atoms with Crippen molar-refractivity contribution < 1.29 is 27.9 Å². The van der Waals surface area contributed by atoms with Gasteiger partial charge in [0.25, 0.3) is 0 Å². The zero-order valence-electron chi connectivity index (χ0n) is 22.1. The predicted molar refractivity (Wildman–Crippen MR) is 145 cm³/mol. The Morgan fingerprint density at radius 1 is 1.00 bits per heavy atom.